The Hall–Kier alpha value is -1.82. The molecule has 0 unspecified atom stereocenters. The van der Waals surface area contributed by atoms with E-state index in [1.165, 1.54) is 12.1 Å². The van der Waals surface area contributed by atoms with Crippen LogP contribution in [0.15, 0.2) is 22.7 Å². The van der Waals surface area contributed by atoms with Gasteiger partial charge in [0.05, 0.1) is 0 Å². The Morgan fingerprint density at radius 2 is 1.86 bits per heavy atom. The van der Waals surface area contributed by atoms with E-state index >= 15 is 0 Å². The minimum atomic E-state index is -0.855. The molecule has 0 fully saturated rings. The van der Waals surface area contributed by atoms with Gasteiger partial charge >= 0.3 is 5.97 Å². The number of carbonyl (C=O) groups is 1. The topological polar surface area (TPSA) is 63.1 Å². The standard InChI is InChI=1S/C15H14BrFN2O2/c1-8-13(3-4-14(20)21)9(2)19-15(18-8)10-5-11(16)7-12(17)6-10/h5-7H,3-4H2,1-2H3,(H,20,21). The third-order valence-electron chi connectivity index (χ3n) is 3.13. The molecule has 1 N–H and O–H groups in total. The molecule has 0 atom stereocenters. The van der Waals surface area contributed by atoms with Gasteiger partial charge in [0.1, 0.15) is 5.82 Å². The summed E-state index contributed by atoms with van der Waals surface area (Å²) in [5.41, 5.74) is 2.85. The third-order valence-corrected chi connectivity index (χ3v) is 3.59. The number of benzene rings is 1. The van der Waals surface area contributed by atoms with Crippen LogP contribution in [0.5, 0.6) is 0 Å². The molecule has 1 aromatic carbocycles. The number of aryl methyl sites for hydroxylation is 2. The summed E-state index contributed by atoms with van der Waals surface area (Å²) < 4.78 is 14.1. The average Bonchev–Trinajstić information content (AvgIpc) is 2.36. The molecule has 0 aliphatic rings. The van der Waals surface area contributed by atoms with Gasteiger partial charge in [-0.2, -0.15) is 0 Å². The number of aliphatic carboxylic acids is 1. The van der Waals surface area contributed by atoms with Crippen LogP contribution in [0, 0.1) is 19.7 Å². The quantitative estimate of drug-likeness (QED) is 0.911. The lowest BCUT2D eigenvalue weighted by atomic mass is 10.1. The molecule has 21 heavy (non-hydrogen) atoms. The third kappa shape index (κ3) is 3.85. The Morgan fingerprint density at radius 1 is 1.24 bits per heavy atom. The first-order valence-corrected chi connectivity index (χ1v) is 7.18. The van der Waals surface area contributed by atoms with E-state index in [1.54, 1.807) is 6.07 Å². The molecule has 0 saturated heterocycles. The molecule has 0 aliphatic heterocycles. The smallest absolute Gasteiger partial charge is 0.303 e. The maximum Gasteiger partial charge on any atom is 0.303 e. The van der Waals surface area contributed by atoms with Gasteiger partial charge in [0.15, 0.2) is 5.82 Å². The van der Waals surface area contributed by atoms with E-state index in [2.05, 4.69) is 25.9 Å². The van der Waals surface area contributed by atoms with Crippen molar-refractivity contribution in [2.45, 2.75) is 26.7 Å². The van der Waals surface area contributed by atoms with Crippen molar-refractivity contribution in [1.82, 2.24) is 9.97 Å². The summed E-state index contributed by atoms with van der Waals surface area (Å²) >= 11 is 3.24. The van der Waals surface area contributed by atoms with Crippen molar-refractivity contribution in [2.24, 2.45) is 0 Å². The van der Waals surface area contributed by atoms with Crippen LogP contribution in [0.3, 0.4) is 0 Å². The molecular weight excluding hydrogens is 339 g/mol. The van der Waals surface area contributed by atoms with Crippen molar-refractivity contribution in [3.8, 4) is 11.4 Å². The van der Waals surface area contributed by atoms with E-state index in [4.69, 9.17) is 5.11 Å². The Balaban J connectivity index is 2.41. The molecule has 1 heterocycles. The van der Waals surface area contributed by atoms with Crippen LogP contribution in [0.25, 0.3) is 11.4 Å². The summed E-state index contributed by atoms with van der Waals surface area (Å²) in [7, 11) is 0. The zero-order chi connectivity index (χ0) is 15.6. The molecule has 0 aliphatic carbocycles. The maximum atomic E-state index is 13.5. The monoisotopic (exact) mass is 352 g/mol. The number of carboxylic acid groups (broad SMARTS) is 1. The molecule has 0 saturated carbocycles. The largest absolute Gasteiger partial charge is 0.481 e. The second-order valence-electron chi connectivity index (χ2n) is 4.75. The Labute approximate surface area is 130 Å². The van der Waals surface area contributed by atoms with E-state index in [1.807, 2.05) is 13.8 Å². The number of rotatable bonds is 4. The molecule has 4 nitrogen and oxygen atoms in total. The number of nitrogens with zero attached hydrogens (tertiary/aromatic N) is 2. The first kappa shape index (κ1) is 15.6. The molecule has 2 rings (SSSR count). The fraction of sp³-hybridized carbons (Fsp3) is 0.267. The van der Waals surface area contributed by atoms with Gasteiger partial charge < -0.3 is 5.11 Å². The molecular formula is C15H14BrFN2O2. The Bertz CT molecular complexity index is 661. The first-order valence-electron chi connectivity index (χ1n) is 6.39. The molecule has 0 amide bonds. The van der Waals surface area contributed by atoms with Gasteiger partial charge in [-0.1, -0.05) is 15.9 Å². The van der Waals surface area contributed by atoms with Crippen molar-refractivity contribution < 1.29 is 14.3 Å². The van der Waals surface area contributed by atoms with Crippen molar-refractivity contribution in [3.63, 3.8) is 0 Å². The fourth-order valence-corrected chi connectivity index (χ4v) is 2.61. The van der Waals surface area contributed by atoms with Crippen LogP contribution >= 0.6 is 15.9 Å². The normalized spacial score (nSPS) is 10.7. The van der Waals surface area contributed by atoms with Crippen LogP contribution in [-0.4, -0.2) is 21.0 Å². The number of halogens is 2. The first-order chi connectivity index (χ1) is 9.86. The molecule has 0 bridgehead atoms. The highest BCUT2D eigenvalue weighted by Crippen LogP contribution is 2.24. The molecule has 0 radical (unpaired) electrons. The zero-order valence-electron chi connectivity index (χ0n) is 11.7. The lowest BCUT2D eigenvalue weighted by Gasteiger charge is -2.10. The molecule has 110 valence electrons. The predicted molar refractivity (Wildman–Crippen MR) is 80.6 cm³/mol. The van der Waals surface area contributed by atoms with E-state index in [9.17, 15) is 9.18 Å². The fourth-order valence-electron chi connectivity index (χ4n) is 2.15. The lowest BCUT2D eigenvalue weighted by molar-refractivity contribution is -0.136. The summed E-state index contributed by atoms with van der Waals surface area (Å²) in [4.78, 5) is 19.4. The van der Waals surface area contributed by atoms with Crippen molar-refractivity contribution in [2.75, 3.05) is 0 Å². The van der Waals surface area contributed by atoms with Gasteiger partial charge in [-0.05, 0) is 44.0 Å². The molecule has 0 spiro atoms. The number of aromatic nitrogens is 2. The minimum Gasteiger partial charge on any atom is -0.481 e. The van der Waals surface area contributed by atoms with Gasteiger partial charge in [-0.25, -0.2) is 14.4 Å². The van der Waals surface area contributed by atoms with Crippen LogP contribution in [0.4, 0.5) is 4.39 Å². The maximum absolute atomic E-state index is 13.5. The van der Waals surface area contributed by atoms with Crippen molar-refractivity contribution in [1.29, 1.82) is 0 Å². The van der Waals surface area contributed by atoms with E-state index in [0.717, 1.165) is 17.0 Å². The van der Waals surface area contributed by atoms with Gasteiger partial charge in [-0.15, -0.1) is 0 Å². The van der Waals surface area contributed by atoms with E-state index in [0.29, 0.717) is 22.3 Å². The Kier molecular flexibility index (Phi) is 4.67. The van der Waals surface area contributed by atoms with Crippen molar-refractivity contribution >= 4 is 21.9 Å². The summed E-state index contributed by atoms with van der Waals surface area (Å²) in [5.74, 6) is -0.788. The van der Waals surface area contributed by atoms with Crippen LogP contribution in [-0.2, 0) is 11.2 Å². The highest BCUT2D eigenvalue weighted by Gasteiger charge is 2.12. The van der Waals surface area contributed by atoms with Crippen molar-refractivity contribution in [3.05, 3.63) is 45.4 Å². The van der Waals surface area contributed by atoms with Gasteiger partial charge in [0, 0.05) is 27.8 Å². The average molecular weight is 353 g/mol. The molecule has 2 aromatic rings. The van der Waals surface area contributed by atoms with Crippen LogP contribution < -0.4 is 0 Å². The van der Waals surface area contributed by atoms with Crippen LogP contribution in [0.1, 0.15) is 23.4 Å². The molecule has 6 heteroatoms. The highest BCUT2D eigenvalue weighted by atomic mass is 79.9. The SMILES string of the molecule is Cc1nc(-c2cc(F)cc(Br)c2)nc(C)c1CCC(=O)O. The summed E-state index contributed by atoms with van der Waals surface area (Å²) in [5, 5.41) is 8.76. The zero-order valence-corrected chi connectivity index (χ0v) is 13.2. The number of carboxylic acids is 1. The predicted octanol–water partition coefficient (Wildman–Crippen LogP) is 3.68. The van der Waals surface area contributed by atoms with Crippen LogP contribution in [0.2, 0.25) is 0 Å². The minimum absolute atomic E-state index is 0.0376. The van der Waals surface area contributed by atoms with Gasteiger partial charge in [0.25, 0.3) is 0 Å². The van der Waals surface area contributed by atoms with Gasteiger partial charge in [-0.3, -0.25) is 4.79 Å². The number of hydrogen-bond acceptors (Lipinski definition) is 3. The number of hydrogen-bond donors (Lipinski definition) is 1. The second kappa shape index (κ2) is 6.30. The van der Waals surface area contributed by atoms with Gasteiger partial charge in [0.2, 0.25) is 0 Å². The Morgan fingerprint density at radius 3 is 2.38 bits per heavy atom. The highest BCUT2D eigenvalue weighted by molar-refractivity contribution is 9.10. The second-order valence-corrected chi connectivity index (χ2v) is 5.66. The summed E-state index contributed by atoms with van der Waals surface area (Å²) in [6.45, 7) is 3.62. The lowest BCUT2D eigenvalue weighted by Crippen LogP contribution is -2.06. The summed E-state index contributed by atoms with van der Waals surface area (Å²) in [6.07, 6.45) is 0.427. The van der Waals surface area contributed by atoms with E-state index in [-0.39, 0.29) is 12.2 Å². The van der Waals surface area contributed by atoms with E-state index < -0.39 is 5.97 Å². The summed E-state index contributed by atoms with van der Waals surface area (Å²) in [6, 6.07) is 4.48. The molecule has 1 aromatic heterocycles.